The van der Waals surface area contributed by atoms with Crippen LogP contribution in [0.25, 0.3) is 4.91 Å². The van der Waals surface area contributed by atoms with E-state index in [1.807, 2.05) is 73.7 Å². The molecule has 2 aliphatic heterocycles. The van der Waals surface area contributed by atoms with Crippen molar-refractivity contribution in [3.05, 3.63) is 102 Å². The first-order chi connectivity index (χ1) is 18.6. The van der Waals surface area contributed by atoms with Gasteiger partial charge in [-0.3, -0.25) is 14.5 Å². The molecule has 1 saturated heterocycles. The fourth-order valence-corrected chi connectivity index (χ4v) is 6.15. The molecule has 7 heteroatoms. The second-order valence-corrected chi connectivity index (χ2v) is 10.6. The molecule has 1 unspecified atom stereocenters. The van der Waals surface area contributed by atoms with E-state index in [0.29, 0.717) is 12.1 Å². The Labute approximate surface area is 229 Å². The van der Waals surface area contributed by atoms with Gasteiger partial charge in [-0.05, 0) is 49.2 Å². The molecular weight excluding hydrogens is 492 g/mol. The standard InChI is InChI=1S/C31H34N4O2S/c1-2-32-31(37)29(23-9-4-3-5-10-23)35-20-18-34(19-21-35)25-16-14-24(15-17-25)33-30(36)27-12-7-6-11-26(27)28-13-8-22-38-28/h3-7,9-17,29H,2,8,18-22H2,1H3,(H,32,37)(H,33,36). The summed E-state index contributed by atoms with van der Waals surface area (Å²) in [5.74, 6) is 1.03. The zero-order chi connectivity index (χ0) is 26.3. The van der Waals surface area contributed by atoms with Gasteiger partial charge in [0.2, 0.25) is 5.91 Å². The van der Waals surface area contributed by atoms with Crippen LogP contribution in [0.4, 0.5) is 11.4 Å². The van der Waals surface area contributed by atoms with Gasteiger partial charge in [0.25, 0.3) is 5.91 Å². The van der Waals surface area contributed by atoms with Crippen molar-refractivity contribution in [3.8, 4) is 0 Å². The van der Waals surface area contributed by atoms with E-state index in [-0.39, 0.29) is 17.9 Å². The van der Waals surface area contributed by atoms with Crippen molar-refractivity contribution in [1.29, 1.82) is 0 Å². The normalized spacial score (nSPS) is 16.6. The lowest BCUT2D eigenvalue weighted by atomic mass is 10.0. The van der Waals surface area contributed by atoms with E-state index in [2.05, 4.69) is 38.6 Å². The lowest BCUT2D eigenvalue weighted by molar-refractivity contribution is -0.126. The third-order valence-electron chi connectivity index (χ3n) is 7.03. The third kappa shape index (κ3) is 5.95. The van der Waals surface area contributed by atoms with Gasteiger partial charge in [-0.2, -0.15) is 0 Å². The molecule has 5 rings (SSSR count). The summed E-state index contributed by atoms with van der Waals surface area (Å²) in [6.07, 6.45) is 3.26. The third-order valence-corrected chi connectivity index (χ3v) is 8.16. The van der Waals surface area contributed by atoms with Crippen LogP contribution in [0, 0.1) is 0 Å². The minimum atomic E-state index is -0.280. The number of likely N-dealkylation sites (N-methyl/N-ethyl adjacent to an activating group) is 1. The Bertz CT molecular complexity index is 1280. The van der Waals surface area contributed by atoms with E-state index in [4.69, 9.17) is 0 Å². The quantitative estimate of drug-likeness (QED) is 0.411. The van der Waals surface area contributed by atoms with Gasteiger partial charge >= 0.3 is 0 Å². The Balaban J connectivity index is 1.22. The number of carbonyl (C=O) groups excluding carboxylic acids is 2. The largest absolute Gasteiger partial charge is 0.369 e. The number of piperazine rings is 1. The number of rotatable bonds is 8. The van der Waals surface area contributed by atoms with E-state index in [0.717, 1.165) is 60.9 Å². The molecule has 1 fully saturated rings. The molecule has 3 aromatic rings. The number of hydrogen-bond acceptors (Lipinski definition) is 5. The molecular formula is C31H34N4O2S. The molecule has 0 aromatic heterocycles. The molecule has 0 bridgehead atoms. The summed E-state index contributed by atoms with van der Waals surface area (Å²) in [6.45, 7) is 5.81. The second kappa shape index (κ2) is 12.3. The van der Waals surface area contributed by atoms with Gasteiger partial charge in [0, 0.05) is 65.9 Å². The summed E-state index contributed by atoms with van der Waals surface area (Å²) < 4.78 is 0. The van der Waals surface area contributed by atoms with E-state index < -0.39 is 0 Å². The number of hydrogen-bond donors (Lipinski definition) is 2. The molecule has 2 amide bonds. The topological polar surface area (TPSA) is 64.7 Å². The van der Waals surface area contributed by atoms with Gasteiger partial charge in [-0.15, -0.1) is 11.8 Å². The molecule has 38 heavy (non-hydrogen) atoms. The molecule has 0 saturated carbocycles. The monoisotopic (exact) mass is 526 g/mol. The van der Waals surface area contributed by atoms with Crippen molar-refractivity contribution in [3.63, 3.8) is 0 Å². The summed E-state index contributed by atoms with van der Waals surface area (Å²) in [7, 11) is 0. The second-order valence-electron chi connectivity index (χ2n) is 9.48. The smallest absolute Gasteiger partial charge is 0.256 e. The minimum Gasteiger partial charge on any atom is -0.369 e. The molecule has 0 spiro atoms. The number of allylic oxidation sites excluding steroid dienone is 1. The average Bonchev–Trinajstić information content (AvgIpc) is 3.50. The number of amides is 2. The van der Waals surface area contributed by atoms with Crippen LogP contribution in [0.2, 0.25) is 0 Å². The van der Waals surface area contributed by atoms with Crippen LogP contribution in [0.3, 0.4) is 0 Å². The molecule has 2 N–H and O–H groups in total. The molecule has 0 aliphatic carbocycles. The van der Waals surface area contributed by atoms with E-state index in [1.165, 1.54) is 4.91 Å². The predicted octanol–water partition coefficient (Wildman–Crippen LogP) is 5.42. The predicted molar refractivity (Wildman–Crippen MR) is 158 cm³/mol. The SMILES string of the molecule is CCNC(=O)C(c1ccccc1)N1CCN(c2ccc(NC(=O)c3ccccc3C3=CCCS3)cc2)CC1. The molecule has 3 aromatic carbocycles. The lowest BCUT2D eigenvalue weighted by Gasteiger charge is -2.39. The molecule has 2 heterocycles. The van der Waals surface area contributed by atoms with E-state index in [1.54, 1.807) is 11.8 Å². The summed E-state index contributed by atoms with van der Waals surface area (Å²) in [5.41, 5.74) is 4.62. The van der Waals surface area contributed by atoms with Crippen LogP contribution in [0.1, 0.15) is 40.9 Å². The number of thioether (sulfide) groups is 1. The molecule has 196 valence electrons. The number of carbonyl (C=O) groups is 2. The fraction of sp³-hybridized carbons (Fsp3) is 0.290. The minimum absolute atomic E-state index is 0.0524. The fourth-order valence-electron chi connectivity index (χ4n) is 5.13. The molecule has 0 radical (unpaired) electrons. The molecule has 1 atom stereocenters. The highest BCUT2D eigenvalue weighted by molar-refractivity contribution is 8.08. The van der Waals surface area contributed by atoms with Gasteiger partial charge in [0.1, 0.15) is 6.04 Å². The Kier molecular flexibility index (Phi) is 8.46. The van der Waals surface area contributed by atoms with Crippen LogP contribution in [-0.2, 0) is 4.79 Å². The first-order valence-electron chi connectivity index (χ1n) is 13.3. The lowest BCUT2D eigenvalue weighted by Crippen LogP contribution is -2.51. The van der Waals surface area contributed by atoms with Crippen LogP contribution >= 0.6 is 11.8 Å². The summed E-state index contributed by atoms with van der Waals surface area (Å²) in [6, 6.07) is 25.6. The van der Waals surface area contributed by atoms with Crippen molar-refractivity contribution >= 4 is 39.9 Å². The first kappa shape index (κ1) is 26.1. The van der Waals surface area contributed by atoms with Gasteiger partial charge in [0.05, 0.1) is 0 Å². The zero-order valence-electron chi connectivity index (χ0n) is 21.7. The van der Waals surface area contributed by atoms with Crippen LogP contribution in [-0.4, -0.2) is 55.2 Å². The van der Waals surface area contributed by atoms with Crippen LogP contribution in [0.5, 0.6) is 0 Å². The highest BCUT2D eigenvalue weighted by Gasteiger charge is 2.30. The van der Waals surface area contributed by atoms with Gasteiger partial charge < -0.3 is 15.5 Å². The number of anilines is 2. The zero-order valence-corrected chi connectivity index (χ0v) is 22.5. The van der Waals surface area contributed by atoms with Crippen molar-refractivity contribution in [1.82, 2.24) is 10.2 Å². The Morgan fingerprint density at radius 1 is 0.895 bits per heavy atom. The van der Waals surface area contributed by atoms with Crippen molar-refractivity contribution in [2.45, 2.75) is 19.4 Å². The number of nitrogens with zero attached hydrogens (tertiary/aromatic N) is 2. The summed E-state index contributed by atoms with van der Waals surface area (Å²) in [4.78, 5) is 31.8. The summed E-state index contributed by atoms with van der Waals surface area (Å²) in [5, 5.41) is 6.07. The summed E-state index contributed by atoms with van der Waals surface area (Å²) >= 11 is 1.81. The van der Waals surface area contributed by atoms with Crippen LogP contribution < -0.4 is 15.5 Å². The number of benzene rings is 3. The van der Waals surface area contributed by atoms with Crippen molar-refractivity contribution in [2.24, 2.45) is 0 Å². The Morgan fingerprint density at radius 2 is 1.61 bits per heavy atom. The number of nitrogens with one attached hydrogen (secondary N) is 2. The first-order valence-corrected chi connectivity index (χ1v) is 14.3. The van der Waals surface area contributed by atoms with Gasteiger partial charge in [0.15, 0.2) is 0 Å². The van der Waals surface area contributed by atoms with Gasteiger partial charge in [-0.1, -0.05) is 54.6 Å². The van der Waals surface area contributed by atoms with E-state index in [9.17, 15) is 9.59 Å². The Hall–Kier alpha value is -3.55. The molecule has 2 aliphatic rings. The maximum atomic E-state index is 13.1. The average molecular weight is 527 g/mol. The maximum Gasteiger partial charge on any atom is 0.256 e. The van der Waals surface area contributed by atoms with E-state index >= 15 is 0 Å². The van der Waals surface area contributed by atoms with Gasteiger partial charge in [-0.25, -0.2) is 0 Å². The van der Waals surface area contributed by atoms with Crippen molar-refractivity contribution in [2.75, 3.05) is 48.7 Å². The van der Waals surface area contributed by atoms with Crippen LogP contribution in [0.15, 0.2) is 84.9 Å². The highest BCUT2D eigenvalue weighted by atomic mass is 32.2. The molecule has 6 nitrogen and oxygen atoms in total. The van der Waals surface area contributed by atoms with Crippen molar-refractivity contribution < 1.29 is 9.59 Å². The highest BCUT2D eigenvalue weighted by Crippen LogP contribution is 2.36. The maximum absolute atomic E-state index is 13.1. The Morgan fingerprint density at radius 3 is 2.29 bits per heavy atom.